The second-order valence-corrected chi connectivity index (χ2v) is 6.81. The van der Waals surface area contributed by atoms with Gasteiger partial charge in [-0.25, -0.2) is 0 Å². The average Bonchev–Trinajstić information content (AvgIpc) is 2.76. The molecule has 9 nitrogen and oxygen atoms in total. The van der Waals surface area contributed by atoms with E-state index in [4.69, 9.17) is 30.5 Å². The number of carbonyl (C=O) groups is 2. The number of hydrogen-bond donors (Lipinski definition) is 1. The fourth-order valence-electron chi connectivity index (χ4n) is 2.71. The van der Waals surface area contributed by atoms with Crippen LogP contribution in [-0.4, -0.2) is 45.2 Å². The Morgan fingerprint density at radius 2 is 1.75 bits per heavy atom. The van der Waals surface area contributed by atoms with Crippen molar-refractivity contribution in [3.63, 3.8) is 0 Å². The number of nitrogens with zero attached hydrogens (tertiary/aromatic N) is 2. The van der Waals surface area contributed by atoms with Crippen LogP contribution in [0.2, 0.25) is 5.02 Å². The van der Waals surface area contributed by atoms with E-state index in [1.807, 2.05) is 6.92 Å². The summed E-state index contributed by atoms with van der Waals surface area (Å²) in [6.45, 7) is 5.59. The second-order valence-electron chi connectivity index (χ2n) is 6.40. The molecule has 2 rings (SSSR count). The van der Waals surface area contributed by atoms with Crippen molar-refractivity contribution in [2.24, 2.45) is 10.2 Å². The molecule has 10 heteroatoms. The third-order valence-corrected chi connectivity index (χ3v) is 4.46. The molecule has 32 heavy (non-hydrogen) atoms. The molecule has 0 saturated heterocycles. The quantitative estimate of drug-likeness (QED) is 0.377. The number of amides is 1. The Morgan fingerprint density at radius 1 is 1.03 bits per heavy atom. The van der Waals surface area contributed by atoms with Gasteiger partial charge in [-0.15, -0.1) is 0 Å². The summed E-state index contributed by atoms with van der Waals surface area (Å²) in [5, 5.41) is 10.9. The second kappa shape index (κ2) is 11.9. The van der Waals surface area contributed by atoms with E-state index in [0.29, 0.717) is 36.1 Å². The largest absolute Gasteiger partial charge is 0.497 e. The van der Waals surface area contributed by atoms with Crippen LogP contribution in [0.4, 0.5) is 11.4 Å². The van der Waals surface area contributed by atoms with Crippen LogP contribution < -0.4 is 24.3 Å². The maximum atomic E-state index is 12.9. The van der Waals surface area contributed by atoms with Crippen molar-refractivity contribution in [1.29, 1.82) is 0 Å². The lowest BCUT2D eigenvalue weighted by Crippen LogP contribution is -2.32. The molecule has 0 aromatic heterocycles. The normalized spacial score (nSPS) is 11.7. The van der Waals surface area contributed by atoms with Crippen LogP contribution in [-0.2, 0) is 9.59 Å². The van der Waals surface area contributed by atoms with Gasteiger partial charge >= 0.3 is 0 Å². The van der Waals surface area contributed by atoms with E-state index in [0.717, 1.165) is 0 Å². The minimum atomic E-state index is -1.40. The van der Waals surface area contributed by atoms with Crippen LogP contribution in [0.5, 0.6) is 23.0 Å². The lowest BCUT2D eigenvalue weighted by atomic mass is 10.2. The van der Waals surface area contributed by atoms with Gasteiger partial charge < -0.3 is 24.3 Å². The van der Waals surface area contributed by atoms with Crippen molar-refractivity contribution in [2.75, 3.05) is 32.8 Å². The van der Waals surface area contributed by atoms with E-state index in [1.54, 1.807) is 37.3 Å². The van der Waals surface area contributed by atoms with Gasteiger partial charge in [0.25, 0.3) is 5.91 Å². The molecule has 0 bridgehead atoms. The Labute approximate surface area is 191 Å². The predicted octanol–water partition coefficient (Wildman–Crippen LogP) is 4.83. The molecule has 0 heterocycles. The number of halogens is 1. The number of carbonyl (C=O) groups excluding carboxylic acids is 2. The van der Waals surface area contributed by atoms with Gasteiger partial charge in [0.05, 0.1) is 38.1 Å². The zero-order valence-electron chi connectivity index (χ0n) is 18.6. The van der Waals surface area contributed by atoms with Crippen LogP contribution in [0.25, 0.3) is 0 Å². The van der Waals surface area contributed by atoms with Crippen LogP contribution in [0.1, 0.15) is 20.8 Å². The van der Waals surface area contributed by atoms with E-state index in [2.05, 4.69) is 15.5 Å². The topological polar surface area (TPSA) is 108 Å². The van der Waals surface area contributed by atoms with Crippen molar-refractivity contribution in [3.05, 3.63) is 35.4 Å². The molecule has 2 aromatic carbocycles. The minimum Gasteiger partial charge on any atom is -0.497 e. The maximum Gasteiger partial charge on any atom is 0.258 e. The number of azo groups is 1. The highest BCUT2D eigenvalue weighted by molar-refractivity contribution is 6.33. The molecule has 1 unspecified atom stereocenters. The van der Waals surface area contributed by atoms with E-state index >= 15 is 0 Å². The van der Waals surface area contributed by atoms with Crippen molar-refractivity contribution in [3.8, 4) is 23.0 Å². The summed E-state index contributed by atoms with van der Waals surface area (Å²) in [7, 11) is 2.99. The SMILES string of the molecule is CCOc1cc(Cl)c(OCC)c(NC(=O)C(N=Nc2ccc(OC)cc2OC)C(C)=O)c1. The first kappa shape index (κ1) is 24.9. The summed E-state index contributed by atoms with van der Waals surface area (Å²) in [5.41, 5.74) is 0.597. The van der Waals surface area contributed by atoms with Gasteiger partial charge in [0.15, 0.2) is 11.5 Å². The van der Waals surface area contributed by atoms with E-state index in [-0.39, 0.29) is 16.5 Å². The fraction of sp³-hybridized carbons (Fsp3) is 0.364. The summed E-state index contributed by atoms with van der Waals surface area (Å²) in [5.74, 6) is 0.465. The number of benzene rings is 2. The predicted molar refractivity (Wildman–Crippen MR) is 121 cm³/mol. The molecule has 0 aliphatic rings. The Hall–Kier alpha value is -3.33. The average molecular weight is 464 g/mol. The molecule has 2 aromatic rings. The lowest BCUT2D eigenvalue weighted by Gasteiger charge is -2.16. The molecule has 0 aliphatic heterocycles. The first-order chi connectivity index (χ1) is 15.3. The number of Topliss-reactive ketones (excluding diaryl/α,β-unsaturated/α-hetero) is 1. The summed E-state index contributed by atoms with van der Waals surface area (Å²) in [4.78, 5) is 25.0. The van der Waals surface area contributed by atoms with Crippen LogP contribution in [0.15, 0.2) is 40.6 Å². The third kappa shape index (κ3) is 6.34. The van der Waals surface area contributed by atoms with Gasteiger partial charge in [-0.1, -0.05) is 11.6 Å². The van der Waals surface area contributed by atoms with Gasteiger partial charge in [-0.2, -0.15) is 10.2 Å². The molecule has 172 valence electrons. The molecule has 0 spiro atoms. The minimum absolute atomic E-state index is 0.260. The maximum absolute atomic E-state index is 12.9. The third-order valence-electron chi connectivity index (χ3n) is 4.18. The molecule has 1 atom stereocenters. The summed E-state index contributed by atoms with van der Waals surface area (Å²) < 4.78 is 21.4. The molecular formula is C22H26ClN3O6. The molecule has 0 fully saturated rings. The number of nitrogens with one attached hydrogen (secondary N) is 1. The summed E-state index contributed by atoms with van der Waals surface area (Å²) in [6.07, 6.45) is 0. The fourth-order valence-corrected chi connectivity index (χ4v) is 2.97. The van der Waals surface area contributed by atoms with Gasteiger partial charge in [0, 0.05) is 18.2 Å². The Kier molecular flexibility index (Phi) is 9.27. The number of methoxy groups -OCH3 is 2. The van der Waals surface area contributed by atoms with Crippen molar-refractivity contribution in [2.45, 2.75) is 26.8 Å². The first-order valence-corrected chi connectivity index (χ1v) is 10.3. The molecule has 1 amide bonds. The smallest absolute Gasteiger partial charge is 0.258 e. The van der Waals surface area contributed by atoms with Crippen LogP contribution >= 0.6 is 11.6 Å². The van der Waals surface area contributed by atoms with E-state index in [9.17, 15) is 9.59 Å². The Morgan fingerprint density at radius 3 is 2.34 bits per heavy atom. The number of ether oxygens (including phenoxy) is 4. The first-order valence-electron chi connectivity index (χ1n) is 9.87. The van der Waals surface area contributed by atoms with Crippen LogP contribution in [0.3, 0.4) is 0 Å². The zero-order chi connectivity index (χ0) is 23.7. The monoisotopic (exact) mass is 463 g/mol. The van der Waals surface area contributed by atoms with Crippen molar-refractivity contribution in [1.82, 2.24) is 0 Å². The number of hydrogen-bond acceptors (Lipinski definition) is 8. The molecule has 1 N–H and O–H groups in total. The Bertz CT molecular complexity index is 996. The highest BCUT2D eigenvalue weighted by Gasteiger charge is 2.25. The zero-order valence-corrected chi connectivity index (χ0v) is 19.4. The van der Waals surface area contributed by atoms with E-state index < -0.39 is 17.7 Å². The number of rotatable bonds is 11. The van der Waals surface area contributed by atoms with Gasteiger partial charge in [0.2, 0.25) is 6.04 Å². The van der Waals surface area contributed by atoms with Gasteiger partial charge in [-0.05, 0) is 32.9 Å². The highest BCUT2D eigenvalue weighted by atomic mass is 35.5. The summed E-state index contributed by atoms with van der Waals surface area (Å²) >= 11 is 6.28. The van der Waals surface area contributed by atoms with Crippen molar-refractivity contribution < 1.29 is 28.5 Å². The molecule has 0 saturated carbocycles. The summed E-state index contributed by atoms with van der Waals surface area (Å²) in [6, 6.07) is 6.64. The molecule has 0 aliphatic carbocycles. The van der Waals surface area contributed by atoms with Crippen LogP contribution in [0, 0.1) is 0 Å². The van der Waals surface area contributed by atoms with Gasteiger partial charge in [0.1, 0.15) is 22.9 Å². The molecular weight excluding hydrogens is 438 g/mol. The highest BCUT2D eigenvalue weighted by Crippen LogP contribution is 2.38. The van der Waals surface area contributed by atoms with E-state index in [1.165, 1.54) is 21.1 Å². The number of ketones is 1. The Balaban J connectivity index is 2.33. The van der Waals surface area contributed by atoms with Crippen molar-refractivity contribution >= 4 is 34.7 Å². The molecule has 0 radical (unpaired) electrons. The standard InChI is InChI=1S/C22H26ClN3O6/c1-6-31-15-10-16(23)21(32-7-2)18(11-15)24-22(28)20(13(3)27)26-25-17-9-8-14(29-4)12-19(17)30-5/h8-12,20H,6-7H2,1-5H3,(H,24,28). The number of anilines is 1. The lowest BCUT2D eigenvalue weighted by molar-refractivity contribution is -0.126. The van der Waals surface area contributed by atoms with Gasteiger partial charge in [-0.3, -0.25) is 9.59 Å².